The Labute approximate surface area is 145 Å². The number of hydrogen-bond acceptors (Lipinski definition) is 1. The van der Waals surface area contributed by atoms with Crippen LogP contribution >= 0.6 is 0 Å². The first kappa shape index (κ1) is 22.5. The summed E-state index contributed by atoms with van der Waals surface area (Å²) >= 11 is 0. The third-order valence-corrected chi connectivity index (χ3v) is 5.57. The molecule has 0 aliphatic heterocycles. The summed E-state index contributed by atoms with van der Waals surface area (Å²) in [4.78, 5) is 11.4. The molecule has 0 aromatic heterocycles. The molecular formula is C21H42O2. The molecule has 0 aliphatic carbocycles. The zero-order valence-electron chi connectivity index (χ0n) is 16.2. The molecule has 0 spiro atoms. The standard InChI is InChI=1S/C21H42O2/c1-4-7-8-9-10-11-12-13-14-15-16-17-18-19-21(5-2,6-3)20(22)23/h4-19H2,1-3H3,(H,22,23). The lowest BCUT2D eigenvalue weighted by atomic mass is 9.78. The van der Waals surface area contributed by atoms with Crippen LogP contribution in [0.3, 0.4) is 0 Å². The maximum atomic E-state index is 11.4. The molecule has 0 radical (unpaired) electrons. The maximum Gasteiger partial charge on any atom is 0.309 e. The van der Waals surface area contributed by atoms with E-state index in [2.05, 4.69) is 6.92 Å². The molecule has 2 nitrogen and oxygen atoms in total. The third-order valence-electron chi connectivity index (χ3n) is 5.57. The van der Waals surface area contributed by atoms with Crippen molar-refractivity contribution in [1.29, 1.82) is 0 Å². The zero-order valence-corrected chi connectivity index (χ0v) is 16.2. The quantitative estimate of drug-likeness (QED) is 0.283. The maximum absolute atomic E-state index is 11.4. The first-order valence-electron chi connectivity index (χ1n) is 10.4. The van der Waals surface area contributed by atoms with Crippen molar-refractivity contribution in [3.05, 3.63) is 0 Å². The van der Waals surface area contributed by atoms with Gasteiger partial charge in [-0.05, 0) is 19.3 Å². The van der Waals surface area contributed by atoms with E-state index < -0.39 is 11.4 Å². The summed E-state index contributed by atoms with van der Waals surface area (Å²) in [6.45, 7) is 6.30. The minimum atomic E-state index is -0.596. The van der Waals surface area contributed by atoms with Gasteiger partial charge >= 0.3 is 5.97 Å². The SMILES string of the molecule is CCCCCCCCCCCCCCCC(CC)(CC)C(=O)O. The molecule has 138 valence electrons. The highest BCUT2D eigenvalue weighted by atomic mass is 16.4. The van der Waals surface area contributed by atoms with E-state index in [1.807, 2.05) is 13.8 Å². The Morgan fingerprint density at radius 1 is 0.652 bits per heavy atom. The van der Waals surface area contributed by atoms with E-state index in [9.17, 15) is 9.90 Å². The Balaban J connectivity index is 3.41. The Kier molecular flexibility index (Phi) is 14.7. The molecule has 0 fully saturated rings. The lowest BCUT2D eigenvalue weighted by molar-refractivity contribution is -0.150. The van der Waals surface area contributed by atoms with Crippen LogP contribution in [0.25, 0.3) is 0 Å². The van der Waals surface area contributed by atoms with Crippen molar-refractivity contribution in [2.24, 2.45) is 5.41 Å². The van der Waals surface area contributed by atoms with E-state index in [1.165, 1.54) is 77.0 Å². The van der Waals surface area contributed by atoms with Crippen LogP contribution in [0.1, 0.15) is 124 Å². The van der Waals surface area contributed by atoms with Crippen molar-refractivity contribution in [2.75, 3.05) is 0 Å². The summed E-state index contributed by atoms with van der Waals surface area (Å²) in [5.74, 6) is -0.596. The zero-order chi connectivity index (χ0) is 17.4. The van der Waals surface area contributed by atoms with Crippen molar-refractivity contribution in [2.45, 2.75) is 124 Å². The van der Waals surface area contributed by atoms with Crippen LogP contribution < -0.4 is 0 Å². The molecule has 0 aromatic carbocycles. The number of rotatable bonds is 17. The van der Waals surface area contributed by atoms with Crippen molar-refractivity contribution < 1.29 is 9.90 Å². The van der Waals surface area contributed by atoms with Gasteiger partial charge < -0.3 is 5.11 Å². The first-order chi connectivity index (χ1) is 11.1. The van der Waals surface area contributed by atoms with Crippen LogP contribution in [0.2, 0.25) is 0 Å². The van der Waals surface area contributed by atoms with Gasteiger partial charge in [0.1, 0.15) is 0 Å². The van der Waals surface area contributed by atoms with Gasteiger partial charge in [-0.15, -0.1) is 0 Å². The molecule has 0 atom stereocenters. The van der Waals surface area contributed by atoms with E-state index in [0.717, 1.165) is 25.7 Å². The van der Waals surface area contributed by atoms with Crippen molar-refractivity contribution in [3.8, 4) is 0 Å². The number of carbonyl (C=O) groups is 1. The van der Waals surface area contributed by atoms with Crippen molar-refractivity contribution >= 4 is 5.97 Å². The van der Waals surface area contributed by atoms with E-state index in [-0.39, 0.29) is 0 Å². The second kappa shape index (κ2) is 15.0. The van der Waals surface area contributed by atoms with E-state index in [0.29, 0.717) is 0 Å². The average molecular weight is 327 g/mol. The summed E-state index contributed by atoms with van der Waals surface area (Å²) in [7, 11) is 0. The fourth-order valence-electron chi connectivity index (χ4n) is 3.49. The Morgan fingerprint density at radius 2 is 1.00 bits per heavy atom. The average Bonchev–Trinajstić information content (AvgIpc) is 2.55. The highest BCUT2D eigenvalue weighted by Gasteiger charge is 2.33. The molecular weight excluding hydrogens is 284 g/mol. The van der Waals surface area contributed by atoms with Gasteiger partial charge in [0.2, 0.25) is 0 Å². The number of unbranched alkanes of at least 4 members (excludes halogenated alkanes) is 12. The van der Waals surface area contributed by atoms with Gasteiger partial charge in [0.25, 0.3) is 0 Å². The van der Waals surface area contributed by atoms with Crippen LogP contribution in [0.5, 0.6) is 0 Å². The minimum Gasteiger partial charge on any atom is -0.481 e. The lowest BCUT2D eigenvalue weighted by Crippen LogP contribution is -2.29. The third kappa shape index (κ3) is 10.8. The number of hydrogen-bond donors (Lipinski definition) is 1. The van der Waals surface area contributed by atoms with Gasteiger partial charge in [-0.25, -0.2) is 0 Å². The molecule has 0 amide bonds. The number of aliphatic carboxylic acids is 1. The molecule has 0 aliphatic rings. The number of carboxylic acids is 1. The monoisotopic (exact) mass is 326 g/mol. The summed E-state index contributed by atoms with van der Waals surface area (Å²) in [6, 6.07) is 0. The minimum absolute atomic E-state index is 0.461. The second-order valence-corrected chi connectivity index (χ2v) is 7.29. The molecule has 0 unspecified atom stereocenters. The van der Waals surface area contributed by atoms with E-state index in [1.54, 1.807) is 0 Å². The molecule has 23 heavy (non-hydrogen) atoms. The fraction of sp³-hybridized carbons (Fsp3) is 0.952. The summed E-state index contributed by atoms with van der Waals surface area (Å²) in [6.07, 6.45) is 19.8. The number of carboxylic acid groups (broad SMARTS) is 1. The predicted octanol–water partition coefficient (Wildman–Crippen LogP) is 7.36. The van der Waals surface area contributed by atoms with E-state index in [4.69, 9.17) is 0 Å². The second-order valence-electron chi connectivity index (χ2n) is 7.29. The summed E-state index contributed by atoms with van der Waals surface area (Å²) < 4.78 is 0. The topological polar surface area (TPSA) is 37.3 Å². The summed E-state index contributed by atoms with van der Waals surface area (Å²) in [5, 5.41) is 9.41. The van der Waals surface area contributed by atoms with Gasteiger partial charge in [-0.2, -0.15) is 0 Å². The molecule has 0 heterocycles. The largest absolute Gasteiger partial charge is 0.481 e. The molecule has 1 N–H and O–H groups in total. The Hall–Kier alpha value is -0.530. The van der Waals surface area contributed by atoms with Crippen molar-refractivity contribution in [3.63, 3.8) is 0 Å². The first-order valence-corrected chi connectivity index (χ1v) is 10.4. The Bertz CT molecular complexity index is 269. The molecule has 0 rings (SSSR count). The van der Waals surface area contributed by atoms with Gasteiger partial charge in [-0.3, -0.25) is 4.79 Å². The molecule has 2 heteroatoms. The molecule has 0 saturated heterocycles. The van der Waals surface area contributed by atoms with Gasteiger partial charge in [-0.1, -0.05) is 104 Å². The van der Waals surface area contributed by atoms with Gasteiger partial charge in [0, 0.05) is 0 Å². The van der Waals surface area contributed by atoms with Crippen LogP contribution in [0.4, 0.5) is 0 Å². The fourth-order valence-corrected chi connectivity index (χ4v) is 3.49. The highest BCUT2D eigenvalue weighted by molar-refractivity contribution is 5.74. The van der Waals surface area contributed by atoms with Crippen molar-refractivity contribution in [1.82, 2.24) is 0 Å². The molecule has 0 bridgehead atoms. The van der Waals surface area contributed by atoms with Crippen LogP contribution in [0.15, 0.2) is 0 Å². The predicted molar refractivity (Wildman–Crippen MR) is 101 cm³/mol. The van der Waals surface area contributed by atoms with Crippen LogP contribution in [-0.4, -0.2) is 11.1 Å². The lowest BCUT2D eigenvalue weighted by Gasteiger charge is -2.26. The Morgan fingerprint density at radius 3 is 1.30 bits per heavy atom. The van der Waals surface area contributed by atoms with Crippen LogP contribution in [0, 0.1) is 5.41 Å². The van der Waals surface area contributed by atoms with E-state index >= 15 is 0 Å². The highest BCUT2D eigenvalue weighted by Crippen LogP contribution is 2.33. The normalized spacial score (nSPS) is 11.8. The van der Waals surface area contributed by atoms with Gasteiger partial charge in [0.05, 0.1) is 5.41 Å². The van der Waals surface area contributed by atoms with Crippen LogP contribution in [-0.2, 0) is 4.79 Å². The van der Waals surface area contributed by atoms with Gasteiger partial charge in [0.15, 0.2) is 0 Å². The molecule has 0 aromatic rings. The summed E-state index contributed by atoms with van der Waals surface area (Å²) in [5.41, 5.74) is -0.461. The molecule has 0 saturated carbocycles. The smallest absolute Gasteiger partial charge is 0.309 e.